The van der Waals surface area contributed by atoms with Gasteiger partial charge in [0.25, 0.3) is 0 Å². The van der Waals surface area contributed by atoms with Crippen LogP contribution in [0.3, 0.4) is 0 Å². The minimum atomic E-state index is -4.10. The second-order valence-electron chi connectivity index (χ2n) is 5.78. The monoisotopic (exact) mass is 418 g/mol. The van der Waals surface area contributed by atoms with Gasteiger partial charge in [-0.2, -0.15) is 0 Å². The number of hydrogen-bond acceptors (Lipinski definition) is 6. The van der Waals surface area contributed by atoms with E-state index in [0.717, 1.165) is 24.1 Å². The first-order valence-electron chi connectivity index (χ1n) is 7.19. The average molecular weight is 419 g/mol. The van der Waals surface area contributed by atoms with E-state index in [9.17, 15) is 25.3 Å². The normalized spacial score (nSPS) is 12.6. The smallest absolute Gasteiger partial charge is 0.229 e. The van der Waals surface area contributed by atoms with Gasteiger partial charge in [-0.15, -0.1) is 0 Å². The van der Waals surface area contributed by atoms with Crippen molar-refractivity contribution in [2.45, 2.75) is 16.7 Å². The van der Waals surface area contributed by atoms with E-state index in [4.69, 9.17) is 0 Å². The number of rotatable bonds is 6. The predicted molar refractivity (Wildman–Crippen MR) is 100 cm³/mol. The summed E-state index contributed by atoms with van der Waals surface area (Å²) in [6, 6.07) is 9.53. The van der Waals surface area contributed by atoms with E-state index in [-0.39, 0.29) is 21.2 Å². The van der Waals surface area contributed by atoms with Crippen LogP contribution in [-0.4, -0.2) is 37.8 Å². The fraction of sp³-hybridized carbons (Fsp3) is 0.200. The Morgan fingerprint density at radius 1 is 0.731 bits per heavy atom. The van der Waals surface area contributed by atoms with Gasteiger partial charge in [-0.05, 0) is 37.3 Å². The predicted octanol–water partition coefficient (Wildman–Crippen LogP) is 1.57. The summed E-state index contributed by atoms with van der Waals surface area (Å²) in [6.45, 7) is 1.80. The molecule has 2 aromatic carbocycles. The molecule has 0 amide bonds. The standard InChI is InChI=1S/C15H18N2O6S3/c1-11-4-7-13(8-5-11)26(22,23)15-10-12(16-24(2,18)19)6-9-14(15)17-25(3,20)21/h4-10,16-17H,1-3H3. The molecule has 2 aromatic rings. The van der Waals surface area contributed by atoms with Gasteiger partial charge in [-0.3, -0.25) is 9.44 Å². The molecule has 0 aliphatic rings. The minimum absolute atomic E-state index is 0.00256. The molecule has 0 aromatic heterocycles. The maximum atomic E-state index is 13.0. The molecule has 142 valence electrons. The Balaban J connectivity index is 2.68. The highest BCUT2D eigenvalue weighted by Crippen LogP contribution is 2.31. The van der Waals surface area contributed by atoms with Crippen molar-refractivity contribution < 1.29 is 25.3 Å². The molecule has 2 rings (SSSR count). The fourth-order valence-corrected chi connectivity index (χ4v) is 4.79. The van der Waals surface area contributed by atoms with Gasteiger partial charge in [-0.1, -0.05) is 17.7 Å². The second kappa shape index (κ2) is 6.89. The molecule has 0 unspecified atom stereocenters. The summed E-state index contributed by atoms with van der Waals surface area (Å²) >= 11 is 0. The van der Waals surface area contributed by atoms with Gasteiger partial charge >= 0.3 is 0 Å². The molecule has 0 saturated heterocycles. The van der Waals surface area contributed by atoms with Crippen LogP contribution in [0.5, 0.6) is 0 Å². The Morgan fingerprint density at radius 2 is 1.27 bits per heavy atom. The SMILES string of the molecule is Cc1ccc(S(=O)(=O)c2cc(NS(C)(=O)=O)ccc2NS(C)(=O)=O)cc1. The van der Waals surface area contributed by atoms with Crippen molar-refractivity contribution in [3.05, 3.63) is 48.0 Å². The second-order valence-corrected chi connectivity index (χ2v) is 11.2. The van der Waals surface area contributed by atoms with Crippen molar-refractivity contribution in [1.82, 2.24) is 0 Å². The molecule has 0 aliphatic heterocycles. The van der Waals surface area contributed by atoms with E-state index in [1.807, 2.05) is 0 Å². The Labute approximate surface area is 153 Å². The lowest BCUT2D eigenvalue weighted by molar-refractivity contribution is 0.596. The van der Waals surface area contributed by atoms with E-state index in [1.54, 1.807) is 19.1 Å². The highest BCUT2D eigenvalue weighted by Gasteiger charge is 2.24. The van der Waals surface area contributed by atoms with Crippen molar-refractivity contribution >= 4 is 41.3 Å². The molecule has 0 atom stereocenters. The van der Waals surface area contributed by atoms with E-state index in [1.165, 1.54) is 24.3 Å². The molecule has 0 bridgehead atoms. The molecule has 26 heavy (non-hydrogen) atoms. The third kappa shape index (κ3) is 5.19. The summed E-state index contributed by atoms with van der Waals surface area (Å²) in [4.78, 5) is -0.406. The lowest BCUT2D eigenvalue weighted by atomic mass is 10.2. The van der Waals surface area contributed by atoms with Gasteiger partial charge in [0.1, 0.15) is 0 Å². The number of benzene rings is 2. The molecular formula is C15H18N2O6S3. The van der Waals surface area contributed by atoms with Crippen LogP contribution in [0.1, 0.15) is 5.56 Å². The van der Waals surface area contributed by atoms with Gasteiger partial charge in [-0.25, -0.2) is 25.3 Å². The fourth-order valence-electron chi connectivity index (χ4n) is 2.15. The zero-order valence-electron chi connectivity index (χ0n) is 14.2. The van der Waals surface area contributed by atoms with E-state index < -0.39 is 29.9 Å². The van der Waals surface area contributed by atoms with Gasteiger partial charge in [0.05, 0.1) is 28.0 Å². The molecule has 0 aliphatic carbocycles. The van der Waals surface area contributed by atoms with Crippen molar-refractivity contribution in [3.63, 3.8) is 0 Å². The summed E-state index contributed by atoms with van der Waals surface area (Å²) in [6.07, 6.45) is 1.81. The van der Waals surface area contributed by atoms with Gasteiger partial charge < -0.3 is 0 Å². The quantitative estimate of drug-likeness (QED) is 0.733. The summed E-state index contributed by atoms with van der Waals surface area (Å²) < 4.78 is 76.2. The Morgan fingerprint density at radius 3 is 1.77 bits per heavy atom. The first kappa shape index (κ1) is 20.2. The number of aryl methyl sites for hydroxylation is 1. The summed E-state index contributed by atoms with van der Waals surface area (Å²) in [5, 5.41) is 0. The number of hydrogen-bond donors (Lipinski definition) is 2. The van der Waals surface area contributed by atoms with Gasteiger partial charge in [0.15, 0.2) is 0 Å². The van der Waals surface area contributed by atoms with Crippen molar-refractivity contribution in [3.8, 4) is 0 Å². The Hall–Kier alpha value is -2.11. The minimum Gasteiger partial charge on any atom is -0.284 e. The summed E-state index contributed by atoms with van der Waals surface area (Å²) in [7, 11) is -11.5. The van der Waals surface area contributed by atoms with E-state index in [2.05, 4.69) is 9.44 Å². The summed E-state index contributed by atoms with van der Waals surface area (Å²) in [5.74, 6) is 0. The largest absolute Gasteiger partial charge is 0.284 e. The van der Waals surface area contributed by atoms with Crippen LogP contribution in [-0.2, 0) is 29.9 Å². The van der Waals surface area contributed by atoms with Crippen LogP contribution >= 0.6 is 0 Å². The van der Waals surface area contributed by atoms with E-state index in [0.29, 0.717) is 0 Å². The molecular weight excluding hydrogens is 400 g/mol. The zero-order valence-corrected chi connectivity index (χ0v) is 16.7. The Bertz CT molecular complexity index is 1140. The van der Waals surface area contributed by atoms with Crippen molar-refractivity contribution in [1.29, 1.82) is 0 Å². The molecule has 0 spiro atoms. The number of sulfonamides is 2. The molecule has 0 radical (unpaired) electrons. The topological polar surface area (TPSA) is 126 Å². The zero-order chi connectivity index (χ0) is 19.8. The molecule has 0 saturated carbocycles. The lowest BCUT2D eigenvalue weighted by Crippen LogP contribution is -2.15. The van der Waals surface area contributed by atoms with E-state index >= 15 is 0 Å². The molecule has 2 N–H and O–H groups in total. The van der Waals surface area contributed by atoms with Crippen molar-refractivity contribution in [2.24, 2.45) is 0 Å². The van der Waals surface area contributed by atoms with Crippen LogP contribution in [0.2, 0.25) is 0 Å². The highest BCUT2D eigenvalue weighted by molar-refractivity contribution is 7.93. The first-order chi connectivity index (χ1) is 11.8. The van der Waals surface area contributed by atoms with Gasteiger partial charge in [0, 0.05) is 5.69 Å². The van der Waals surface area contributed by atoms with Crippen molar-refractivity contribution in [2.75, 3.05) is 22.0 Å². The average Bonchev–Trinajstić information content (AvgIpc) is 2.46. The maximum Gasteiger partial charge on any atom is 0.229 e. The van der Waals surface area contributed by atoms with Crippen LogP contribution in [0.4, 0.5) is 11.4 Å². The first-order valence-corrected chi connectivity index (χ1v) is 12.5. The van der Waals surface area contributed by atoms with Crippen LogP contribution in [0.25, 0.3) is 0 Å². The third-order valence-electron chi connectivity index (χ3n) is 3.20. The number of nitrogens with one attached hydrogen (secondary N) is 2. The highest BCUT2D eigenvalue weighted by atomic mass is 32.2. The Kier molecular flexibility index (Phi) is 5.36. The van der Waals surface area contributed by atoms with Crippen LogP contribution in [0, 0.1) is 6.92 Å². The summed E-state index contributed by atoms with van der Waals surface area (Å²) in [5.41, 5.74) is 0.676. The molecule has 11 heteroatoms. The van der Waals surface area contributed by atoms with Crippen LogP contribution < -0.4 is 9.44 Å². The molecule has 0 fully saturated rings. The molecule has 0 heterocycles. The third-order valence-corrected chi connectivity index (χ3v) is 6.21. The molecule has 8 nitrogen and oxygen atoms in total. The van der Waals surface area contributed by atoms with Gasteiger partial charge in [0.2, 0.25) is 29.9 Å². The number of sulfone groups is 1. The number of anilines is 2. The van der Waals surface area contributed by atoms with Crippen LogP contribution in [0.15, 0.2) is 52.3 Å². The maximum absolute atomic E-state index is 13.0. The lowest BCUT2D eigenvalue weighted by Gasteiger charge is -2.14.